The number of halogens is 1. The van der Waals surface area contributed by atoms with E-state index in [1.807, 2.05) is 66.1 Å². The number of aryl methyl sites for hydroxylation is 1. The van der Waals surface area contributed by atoms with Gasteiger partial charge in [0.1, 0.15) is 5.82 Å². The Bertz CT molecular complexity index is 1170. The molecule has 0 saturated heterocycles. The fraction of sp³-hybridized carbons (Fsp3) is 0.160. The van der Waals surface area contributed by atoms with Crippen LogP contribution in [-0.2, 0) is 0 Å². The molecule has 4 nitrogen and oxygen atoms in total. The zero-order chi connectivity index (χ0) is 21.6. The summed E-state index contributed by atoms with van der Waals surface area (Å²) < 4.78 is 16.4. The summed E-state index contributed by atoms with van der Waals surface area (Å²) >= 11 is 1.52. The Morgan fingerprint density at radius 2 is 1.65 bits per heavy atom. The number of thioether (sulfide) groups is 1. The first-order valence-electron chi connectivity index (χ1n) is 10.1. The molecule has 4 rings (SSSR count). The van der Waals surface area contributed by atoms with Crippen LogP contribution in [0, 0.1) is 12.7 Å². The molecule has 0 bridgehead atoms. The van der Waals surface area contributed by atoms with E-state index in [0.29, 0.717) is 35.1 Å². The number of nitrogens with zero attached hydrogens (tertiary/aromatic N) is 3. The van der Waals surface area contributed by atoms with Crippen LogP contribution in [0.25, 0.3) is 17.1 Å². The first-order valence-corrected chi connectivity index (χ1v) is 11.1. The zero-order valence-electron chi connectivity index (χ0n) is 17.2. The van der Waals surface area contributed by atoms with Crippen LogP contribution in [0.15, 0.2) is 84.0 Å². The molecule has 1 aromatic heterocycles. The first kappa shape index (κ1) is 21.0. The molecule has 31 heavy (non-hydrogen) atoms. The van der Waals surface area contributed by atoms with Gasteiger partial charge in [-0.3, -0.25) is 9.36 Å². The zero-order valence-corrected chi connectivity index (χ0v) is 18.0. The SMILES string of the molecule is Cc1ccc(-n2c(SCCCC(=O)c3ccccc3)nnc2-c2ccccc2F)cc1. The van der Waals surface area contributed by atoms with Crippen molar-refractivity contribution in [2.75, 3.05) is 5.75 Å². The molecule has 0 radical (unpaired) electrons. The summed E-state index contributed by atoms with van der Waals surface area (Å²) in [6.45, 7) is 2.02. The van der Waals surface area contributed by atoms with Crippen LogP contribution in [0.2, 0.25) is 0 Å². The number of hydrogen-bond acceptors (Lipinski definition) is 4. The lowest BCUT2D eigenvalue weighted by atomic mass is 10.1. The summed E-state index contributed by atoms with van der Waals surface area (Å²) in [7, 11) is 0. The van der Waals surface area contributed by atoms with Crippen molar-refractivity contribution < 1.29 is 9.18 Å². The van der Waals surface area contributed by atoms with Gasteiger partial charge in [0.05, 0.1) is 5.56 Å². The van der Waals surface area contributed by atoms with Gasteiger partial charge in [0.2, 0.25) is 0 Å². The van der Waals surface area contributed by atoms with Gasteiger partial charge in [0.25, 0.3) is 0 Å². The van der Waals surface area contributed by atoms with Crippen LogP contribution in [0.4, 0.5) is 4.39 Å². The summed E-state index contributed by atoms with van der Waals surface area (Å²) in [5.41, 5.74) is 3.15. The minimum atomic E-state index is -0.340. The van der Waals surface area contributed by atoms with Crippen LogP contribution < -0.4 is 0 Å². The maximum absolute atomic E-state index is 14.5. The van der Waals surface area contributed by atoms with Crippen molar-refractivity contribution in [3.05, 3.63) is 95.8 Å². The van der Waals surface area contributed by atoms with E-state index in [1.54, 1.807) is 18.2 Å². The average Bonchev–Trinajstić information content (AvgIpc) is 3.21. The Labute approximate surface area is 185 Å². The van der Waals surface area contributed by atoms with E-state index in [2.05, 4.69) is 10.2 Å². The highest BCUT2D eigenvalue weighted by molar-refractivity contribution is 7.99. The maximum atomic E-state index is 14.5. The van der Waals surface area contributed by atoms with Gasteiger partial charge in [0.15, 0.2) is 16.8 Å². The van der Waals surface area contributed by atoms with Crippen molar-refractivity contribution in [1.82, 2.24) is 14.8 Å². The maximum Gasteiger partial charge on any atom is 0.196 e. The number of rotatable bonds is 8. The van der Waals surface area contributed by atoms with Crippen LogP contribution in [0.3, 0.4) is 0 Å². The normalized spacial score (nSPS) is 10.9. The number of benzene rings is 3. The van der Waals surface area contributed by atoms with Gasteiger partial charge in [0, 0.05) is 23.4 Å². The molecule has 4 aromatic rings. The molecule has 0 atom stereocenters. The van der Waals surface area contributed by atoms with Gasteiger partial charge in [-0.2, -0.15) is 0 Å². The van der Waals surface area contributed by atoms with Gasteiger partial charge in [-0.25, -0.2) is 4.39 Å². The topological polar surface area (TPSA) is 47.8 Å². The quantitative estimate of drug-likeness (QED) is 0.191. The average molecular weight is 432 g/mol. The minimum absolute atomic E-state index is 0.133. The van der Waals surface area contributed by atoms with E-state index in [4.69, 9.17) is 0 Å². The lowest BCUT2D eigenvalue weighted by Crippen LogP contribution is -2.02. The summed E-state index contributed by atoms with van der Waals surface area (Å²) in [4.78, 5) is 12.3. The Kier molecular flexibility index (Phi) is 6.57. The predicted octanol–water partition coefficient (Wildman–Crippen LogP) is 6.14. The second kappa shape index (κ2) is 9.71. The van der Waals surface area contributed by atoms with Gasteiger partial charge in [-0.15, -0.1) is 10.2 Å². The third-order valence-electron chi connectivity index (χ3n) is 4.92. The van der Waals surface area contributed by atoms with Crippen molar-refractivity contribution in [2.24, 2.45) is 0 Å². The third kappa shape index (κ3) is 4.91. The van der Waals surface area contributed by atoms with E-state index in [9.17, 15) is 9.18 Å². The standard InChI is InChI=1S/C25H22FN3OS/c1-18-13-15-20(16-14-18)29-24(21-10-5-6-11-22(21)26)27-28-25(29)31-17-7-12-23(30)19-8-3-2-4-9-19/h2-6,8-11,13-16H,7,12,17H2,1H3. The highest BCUT2D eigenvalue weighted by atomic mass is 32.2. The van der Waals surface area contributed by atoms with E-state index >= 15 is 0 Å². The van der Waals surface area contributed by atoms with Crippen LogP contribution in [0.1, 0.15) is 28.8 Å². The molecular weight excluding hydrogens is 409 g/mol. The largest absolute Gasteiger partial charge is 0.294 e. The molecule has 0 spiro atoms. The minimum Gasteiger partial charge on any atom is -0.294 e. The number of hydrogen-bond donors (Lipinski definition) is 0. The van der Waals surface area contributed by atoms with Crippen molar-refractivity contribution in [2.45, 2.75) is 24.9 Å². The molecule has 0 fully saturated rings. The summed E-state index contributed by atoms with van der Waals surface area (Å²) in [6, 6.07) is 23.9. The predicted molar refractivity (Wildman–Crippen MR) is 122 cm³/mol. The fourth-order valence-electron chi connectivity index (χ4n) is 3.27. The highest BCUT2D eigenvalue weighted by Gasteiger charge is 2.18. The van der Waals surface area contributed by atoms with Crippen LogP contribution >= 0.6 is 11.8 Å². The molecule has 6 heteroatoms. The molecular formula is C25H22FN3OS. The lowest BCUT2D eigenvalue weighted by Gasteiger charge is -2.11. The van der Waals surface area contributed by atoms with Crippen molar-refractivity contribution in [1.29, 1.82) is 0 Å². The molecule has 0 N–H and O–H groups in total. The van der Waals surface area contributed by atoms with E-state index in [1.165, 1.54) is 17.8 Å². The molecule has 1 heterocycles. The Balaban J connectivity index is 1.54. The lowest BCUT2D eigenvalue weighted by molar-refractivity contribution is 0.0982. The Hall–Kier alpha value is -3.25. The third-order valence-corrected chi connectivity index (χ3v) is 5.93. The van der Waals surface area contributed by atoms with Crippen molar-refractivity contribution >= 4 is 17.5 Å². The Morgan fingerprint density at radius 3 is 2.39 bits per heavy atom. The molecule has 0 unspecified atom stereocenters. The number of ketones is 1. The van der Waals surface area contributed by atoms with Crippen LogP contribution in [0.5, 0.6) is 0 Å². The van der Waals surface area contributed by atoms with Gasteiger partial charge in [-0.1, -0.05) is 71.9 Å². The highest BCUT2D eigenvalue weighted by Crippen LogP contribution is 2.30. The summed E-state index contributed by atoms with van der Waals surface area (Å²) in [5, 5.41) is 9.30. The van der Waals surface area contributed by atoms with Gasteiger partial charge < -0.3 is 0 Å². The number of carbonyl (C=O) groups is 1. The monoisotopic (exact) mass is 431 g/mol. The molecule has 0 aliphatic heterocycles. The smallest absolute Gasteiger partial charge is 0.196 e. The van der Waals surface area contributed by atoms with E-state index < -0.39 is 0 Å². The van der Waals surface area contributed by atoms with Crippen molar-refractivity contribution in [3.8, 4) is 17.1 Å². The van der Waals surface area contributed by atoms with Gasteiger partial charge >= 0.3 is 0 Å². The molecule has 0 aliphatic rings. The number of carbonyl (C=O) groups excluding carboxylic acids is 1. The molecule has 3 aromatic carbocycles. The second-order valence-corrected chi connectivity index (χ2v) is 8.26. The number of aromatic nitrogens is 3. The molecule has 0 saturated carbocycles. The van der Waals surface area contributed by atoms with Crippen molar-refractivity contribution in [3.63, 3.8) is 0 Å². The summed E-state index contributed by atoms with van der Waals surface area (Å²) in [6.07, 6.45) is 1.18. The Morgan fingerprint density at radius 1 is 0.935 bits per heavy atom. The number of Topliss-reactive ketones (excluding diaryl/α,β-unsaturated/α-hetero) is 1. The molecule has 0 aliphatic carbocycles. The fourth-order valence-corrected chi connectivity index (χ4v) is 4.16. The van der Waals surface area contributed by atoms with E-state index in [0.717, 1.165) is 16.8 Å². The van der Waals surface area contributed by atoms with Crippen LogP contribution in [-0.4, -0.2) is 26.3 Å². The molecule has 156 valence electrons. The summed E-state index contributed by atoms with van der Waals surface area (Å²) in [5.74, 6) is 0.964. The molecule has 0 amide bonds. The van der Waals surface area contributed by atoms with Gasteiger partial charge in [-0.05, 0) is 37.6 Å². The second-order valence-electron chi connectivity index (χ2n) is 7.20. The first-order chi connectivity index (χ1) is 15.1. The van der Waals surface area contributed by atoms with E-state index in [-0.39, 0.29) is 11.6 Å².